The summed E-state index contributed by atoms with van der Waals surface area (Å²) in [4.78, 5) is 31.9. The fourth-order valence-electron chi connectivity index (χ4n) is 3.72. The maximum absolute atomic E-state index is 14.5. The average Bonchev–Trinajstić information content (AvgIpc) is 3.53. The molecule has 2 N–H and O–H groups in total. The maximum atomic E-state index is 14.5. The Balaban J connectivity index is 0.00000181. The number of halogens is 2. The first-order chi connectivity index (χ1) is 14.4. The molecule has 2 aromatic heterocycles. The molecule has 1 aliphatic rings. The molecule has 1 saturated carbocycles. The molecule has 6 nitrogen and oxygen atoms in total. The molecule has 1 amide bonds. The number of fused-ring (bicyclic) bond motifs is 1. The number of pyridine rings is 2. The molecule has 1 aliphatic carbocycles. The van der Waals surface area contributed by atoms with Crippen LogP contribution in [0.2, 0.25) is 0 Å². The first kappa shape index (κ1) is 19.7. The van der Waals surface area contributed by atoms with Crippen molar-refractivity contribution in [3.8, 4) is 6.07 Å². The number of benzene rings is 1. The molecule has 0 aliphatic heterocycles. The highest BCUT2D eigenvalue weighted by Crippen LogP contribution is 2.44. The van der Waals surface area contributed by atoms with Crippen molar-refractivity contribution in [2.24, 2.45) is 0 Å². The maximum Gasteiger partial charge on any atom is 0.252 e. The third-order valence-corrected chi connectivity index (χ3v) is 5.24. The van der Waals surface area contributed by atoms with Gasteiger partial charge in [0.1, 0.15) is 17.7 Å². The number of H-pyrrole nitrogens is 1. The van der Waals surface area contributed by atoms with Crippen molar-refractivity contribution < 1.29 is 16.4 Å². The summed E-state index contributed by atoms with van der Waals surface area (Å²) in [5, 5.41) is 11.8. The Morgan fingerprint density at radius 3 is 2.83 bits per heavy atom. The Morgan fingerprint density at radius 1 is 1.40 bits per heavy atom. The fourth-order valence-corrected chi connectivity index (χ4v) is 3.72. The number of nitrogens with zero attached hydrogens (tertiary/aromatic N) is 2. The summed E-state index contributed by atoms with van der Waals surface area (Å²) in [7, 11) is 0. The zero-order valence-corrected chi connectivity index (χ0v) is 16.1. The summed E-state index contributed by atoms with van der Waals surface area (Å²) >= 11 is 0. The number of carbonyl (C=O) groups excluding carboxylic acids is 1. The second-order valence-electron chi connectivity index (χ2n) is 7.45. The molecular weight excluding hydrogens is 390 g/mol. The van der Waals surface area contributed by atoms with Gasteiger partial charge in [-0.2, -0.15) is 5.26 Å². The van der Waals surface area contributed by atoms with Gasteiger partial charge in [-0.1, -0.05) is 6.07 Å². The molecule has 3 aromatic rings. The highest BCUT2D eigenvalue weighted by molar-refractivity contribution is 5.87. The van der Waals surface area contributed by atoms with Gasteiger partial charge in [-0.25, -0.2) is 8.78 Å². The molecule has 0 spiro atoms. The molecule has 2 heterocycles. The quantitative estimate of drug-likeness (QED) is 0.665. The number of nitriles is 1. The number of amides is 1. The molecule has 0 bridgehead atoms. The van der Waals surface area contributed by atoms with E-state index < -0.39 is 29.1 Å². The molecule has 8 heteroatoms. The van der Waals surface area contributed by atoms with E-state index in [4.69, 9.17) is 5.26 Å². The van der Waals surface area contributed by atoms with Gasteiger partial charge >= 0.3 is 0 Å². The van der Waals surface area contributed by atoms with Gasteiger partial charge in [0.25, 0.3) is 5.56 Å². The zero-order chi connectivity index (χ0) is 21.4. The number of hydrogen-bond donors (Lipinski definition) is 2. The summed E-state index contributed by atoms with van der Waals surface area (Å²) in [6.45, 7) is 1.56. The number of hydrogen-bond acceptors (Lipinski definition) is 4. The van der Waals surface area contributed by atoms with Crippen molar-refractivity contribution in [2.75, 3.05) is 0 Å². The van der Waals surface area contributed by atoms with Gasteiger partial charge < -0.3 is 10.3 Å². The van der Waals surface area contributed by atoms with Gasteiger partial charge in [0.05, 0.1) is 29.2 Å². The third kappa shape index (κ3) is 3.66. The predicted octanol–water partition coefficient (Wildman–Crippen LogP) is 3.86. The summed E-state index contributed by atoms with van der Waals surface area (Å²) in [5.41, 5.74) is 0.853. The molecule has 4 rings (SSSR count). The van der Waals surface area contributed by atoms with Crippen LogP contribution in [0.15, 0.2) is 35.3 Å². The summed E-state index contributed by atoms with van der Waals surface area (Å²) in [5.74, 6) is -1.60. The second kappa shape index (κ2) is 7.67. The van der Waals surface area contributed by atoms with E-state index in [9.17, 15) is 18.4 Å². The molecule has 30 heavy (non-hydrogen) atoms. The summed E-state index contributed by atoms with van der Waals surface area (Å²) in [6, 6.07) is 6.57. The number of rotatable bonds is 5. The van der Waals surface area contributed by atoms with Crippen LogP contribution in [0.25, 0.3) is 10.9 Å². The van der Waals surface area contributed by atoms with Crippen molar-refractivity contribution in [2.45, 2.75) is 38.1 Å². The van der Waals surface area contributed by atoms with Crippen LogP contribution >= 0.6 is 0 Å². The lowest BCUT2D eigenvalue weighted by molar-refractivity contribution is -0.121. The topological polar surface area (TPSA) is 98.6 Å². The fraction of sp³-hybridized carbons (Fsp3) is 0.273. The van der Waals surface area contributed by atoms with Crippen molar-refractivity contribution in [3.63, 3.8) is 0 Å². The number of aromatic amines is 1. The Hall–Kier alpha value is -3.60. The van der Waals surface area contributed by atoms with Gasteiger partial charge in [0, 0.05) is 20.0 Å². The van der Waals surface area contributed by atoms with Crippen LogP contribution in [0.3, 0.4) is 0 Å². The summed E-state index contributed by atoms with van der Waals surface area (Å²) in [6.07, 6.45) is 2.63. The largest absolute Gasteiger partial charge is 0.348 e. The van der Waals surface area contributed by atoms with Crippen molar-refractivity contribution in [1.82, 2.24) is 15.3 Å². The van der Waals surface area contributed by atoms with Crippen LogP contribution in [0.5, 0.6) is 0 Å². The van der Waals surface area contributed by atoms with Gasteiger partial charge in [-0.05, 0) is 49.4 Å². The molecule has 1 fully saturated rings. The van der Waals surface area contributed by atoms with E-state index in [2.05, 4.69) is 15.3 Å². The molecule has 0 saturated heterocycles. The predicted molar refractivity (Wildman–Crippen MR) is 110 cm³/mol. The number of carbonyl (C=O) groups is 1. The minimum atomic E-state index is -0.772. The monoisotopic (exact) mass is 412 g/mol. The number of aromatic nitrogens is 2. The van der Waals surface area contributed by atoms with Crippen molar-refractivity contribution in [1.29, 1.82) is 5.26 Å². The third-order valence-electron chi connectivity index (χ3n) is 5.24. The van der Waals surface area contributed by atoms with E-state index in [1.165, 1.54) is 18.3 Å². The van der Waals surface area contributed by atoms with E-state index in [1.54, 1.807) is 19.1 Å². The van der Waals surface area contributed by atoms with Gasteiger partial charge in [0.2, 0.25) is 5.91 Å². The lowest BCUT2D eigenvalue weighted by Crippen LogP contribution is -2.31. The standard InChI is InChI=1S/C22H18F2N4O2.2H2/c1-11(21-16(24)7-12(9-25)10-26-21)27-18(29)8-14-19(13-5-6-13)20-15(23)3-2-4-17(20)28-22(14)30;;/h2-4,7,10-11,13H,5-6,8H2,1H3,(H,27,29)(H,28,30);2*1H/t11-;;/m0../s1. The first-order valence-electron chi connectivity index (χ1n) is 9.57. The van der Waals surface area contributed by atoms with E-state index >= 15 is 0 Å². The normalized spacial score (nSPS) is 14.3. The van der Waals surface area contributed by atoms with E-state index in [-0.39, 0.29) is 32.0 Å². The van der Waals surface area contributed by atoms with E-state index in [1.807, 2.05) is 0 Å². The Morgan fingerprint density at radius 2 is 2.17 bits per heavy atom. The Labute approximate surface area is 173 Å². The van der Waals surface area contributed by atoms with Crippen LogP contribution in [0.1, 0.15) is 57.0 Å². The van der Waals surface area contributed by atoms with Crippen LogP contribution in [-0.4, -0.2) is 15.9 Å². The highest BCUT2D eigenvalue weighted by Gasteiger charge is 2.31. The average molecular weight is 412 g/mol. The lowest BCUT2D eigenvalue weighted by atomic mass is 9.96. The molecule has 1 atom stereocenters. The van der Waals surface area contributed by atoms with E-state index in [0.29, 0.717) is 16.5 Å². The Bertz CT molecular complexity index is 1270. The minimum Gasteiger partial charge on any atom is -0.348 e. The van der Waals surface area contributed by atoms with Crippen LogP contribution in [0, 0.1) is 23.0 Å². The first-order valence-corrected chi connectivity index (χ1v) is 9.57. The summed E-state index contributed by atoms with van der Waals surface area (Å²) < 4.78 is 28.7. The smallest absolute Gasteiger partial charge is 0.252 e. The van der Waals surface area contributed by atoms with E-state index in [0.717, 1.165) is 18.9 Å². The van der Waals surface area contributed by atoms with Crippen molar-refractivity contribution >= 4 is 16.8 Å². The molecule has 156 valence electrons. The highest BCUT2D eigenvalue weighted by atomic mass is 19.1. The van der Waals surface area contributed by atoms with Gasteiger partial charge in [-0.15, -0.1) is 0 Å². The molecule has 1 aromatic carbocycles. The second-order valence-corrected chi connectivity index (χ2v) is 7.45. The Kier molecular flexibility index (Phi) is 5.04. The van der Waals surface area contributed by atoms with Crippen molar-refractivity contribution in [3.05, 3.63) is 74.8 Å². The lowest BCUT2D eigenvalue weighted by Gasteiger charge is -2.16. The van der Waals surface area contributed by atoms with Gasteiger partial charge in [-0.3, -0.25) is 14.6 Å². The minimum absolute atomic E-state index is 0. The van der Waals surface area contributed by atoms with Crippen LogP contribution in [0.4, 0.5) is 8.78 Å². The van der Waals surface area contributed by atoms with Gasteiger partial charge in [0.15, 0.2) is 0 Å². The zero-order valence-electron chi connectivity index (χ0n) is 16.1. The number of nitrogens with one attached hydrogen (secondary N) is 2. The SMILES string of the molecule is C[C@H](NC(=O)Cc1c(C2CC2)c2c(F)cccc2[nH]c1=O)c1ncc(C#N)cc1F.[HH].[HH]. The van der Waals surface area contributed by atoms with Crippen LogP contribution in [-0.2, 0) is 11.2 Å². The molecule has 0 radical (unpaired) electrons. The van der Waals surface area contributed by atoms with Crippen LogP contribution < -0.4 is 10.9 Å². The molecular formula is C22H22F2N4O2. The molecule has 0 unspecified atom stereocenters.